The fraction of sp³-hybridized carbons (Fsp3) is 0.538. The van der Waals surface area contributed by atoms with Crippen molar-refractivity contribution in [3.05, 3.63) is 29.2 Å². The molecule has 1 aliphatic heterocycles. The van der Waals surface area contributed by atoms with Crippen LogP contribution in [0.3, 0.4) is 0 Å². The van der Waals surface area contributed by atoms with E-state index in [2.05, 4.69) is 15.5 Å². The third-order valence-electron chi connectivity index (χ3n) is 3.69. The summed E-state index contributed by atoms with van der Waals surface area (Å²) in [6, 6.07) is 0.739. The maximum atomic E-state index is 13.3. The molecule has 3 heterocycles. The minimum Gasteiger partial charge on any atom is -0.363 e. The number of nitrogens with one attached hydrogen (secondary N) is 1. The lowest BCUT2D eigenvalue weighted by molar-refractivity contribution is 0.0657. The summed E-state index contributed by atoms with van der Waals surface area (Å²) >= 11 is 0. The van der Waals surface area contributed by atoms with Gasteiger partial charge in [-0.15, -0.1) is 0 Å². The molecule has 0 amide bonds. The Balaban J connectivity index is 1.99. The number of rotatable bonds is 2. The molecule has 0 radical (unpaired) electrons. The van der Waals surface area contributed by atoms with Crippen LogP contribution < -0.4 is 5.32 Å². The number of hydrogen-bond acceptors (Lipinski definition) is 3. The van der Waals surface area contributed by atoms with Crippen LogP contribution in [0.1, 0.15) is 35.5 Å². The van der Waals surface area contributed by atoms with Crippen LogP contribution in [0.4, 0.5) is 14.6 Å². The highest BCUT2D eigenvalue weighted by Gasteiger charge is 2.35. The van der Waals surface area contributed by atoms with Crippen molar-refractivity contribution in [2.75, 3.05) is 5.32 Å². The molecule has 2 aromatic heterocycles. The zero-order valence-corrected chi connectivity index (χ0v) is 11.6. The van der Waals surface area contributed by atoms with Gasteiger partial charge in [0.05, 0.1) is 17.4 Å². The number of fused-ring (bicyclic) bond motifs is 1. The van der Waals surface area contributed by atoms with E-state index in [9.17, 15) is 8.78 Å². The van der Waals surface area contributed by atoms with Crippen molar-refractivity contribution in [3.8, 4) is 0 Å². The zero-order valence-electron chi connectivity index (χ0n) is 11.6. The molecule has 1 aliphatic rings. The van der Waals surface area contributed by atoms with Crippen molar-refractivity contribution in [2.45, 2.75) is 38.8 Å². The lowest BCUT2D eigenvalue weighted by Crippen LogP contribution is -2.31. The normalized spacial score (nSPS) is 21.9. The van der Waals surface area contributed by atoms with Crippen LogP contribution in [0.2, 0.25) is 0 Å². The SMILES string of the molecule is Cc1cc2n(n1)[C@H](C(F)F)C[C@H](c1cn(C)nc1C)N2. The van der Waals surface area contributed by atoms with Crippen LogP contribution in [0, 0.1) is 13.8 Å². The molecule has 2 aromatic rings. The predicted molar refractivity (Wildman–Crippen MR) is 70.9 cm³/mol. The highest BCUT2D eigenvalue weighted by molar-refractivity contribution is 5.43. The van der Waals surface area contributed by atoms with Crippen LogP contribution in [-0.2, 0) is 7.05 Å². The van der Waals surface area contributed by atoms with Crippen LogP contribution in [-0.4, -0.2) is 26.0 Å². The maximum Gasteiger partial charge on any atom is 0.260 e. The van der Waals surface area contributed by atoms with E-state index in [-0.39, 0.29) is 6.04 Å². The van der Waals surface area contributed by atoms with Gasteiger partial charge in [0, 0.05) is 24.9 Å². The van der Waals surface area contributed by atoms with E-state index in [4.69, 9.17) is 0 Å². The molecule has 20 heavy (non-hydrogen) atoms. The van der Waals surface area contributed by atoms with E-state index in [1.807, 2.05) is 20.2 Å². The first kappa shape index (κ1) is 13.1. The number of nitrogens with zero attached hydrogens (tertiary/aromatic N) is 4. The Morgan fingerprint density at radius 2 is 2.10 bits per heavy atom. The van der Waals surface area contributed by atoms with E-state index in [0.29, 0.717) is 12.2 Å². The molecule has 1 N–H and O–H groups in total. The Kier molecular flexibility index (Phi) is 2.99. The number of alkyl halides is 2. The van der Waals surface area contributed by atoms with Gasteiger partial charge in [-0.1, -0.05) is 0 Å². The maximum absolute atomic E-state index is 13.3. The van der Waals surface area contributed by atoms with Crippen molar-refractivity contribution in [1.82, 2.24) is 19.6 Å². The summed E-state index contributed by atoms with van der Waals surface area (Å²) in [5.41, 5.74) is 2.56. The van der Waals surface area contributed by atoms with Gasteiger partial charge in [0.2, 0.25) is 0 Å². The molecule has 5 nitrogen and oxygen atoms in total. The smallest absolute Gasteiger partial charge is 0.260 e. The Bertz CT molecular complexity index is 631. The van der Waals surface area contributed by atoms with E-state index < -0.39 is 12.5 Å². The lowest BCUT2D eigenvalue weighted by atomic mass is 9.98. The summed E-state index contributed by atoms with van der Waals surface area (Å²) < 4.78 is 29.7. The van der Waals surface area contributed by atoms with Gasteiger partial charge in [-0.3, -0.25) is 4.68 Å². The number of aryl methyl sites for hydroxylation is 3. The van der Waals surface area contributed by atoms with Gasteiger partial charge in [0.25, 0.3) is 6.43 Å². The van der Waals surface area contributed by atoms with Gasteiger partial charge >= 0.3 is 0 Å². The fourth-order valence-electron chi connectivity index (χ4n) is 2.83. The van der Waals surface area contributed by atoms with Crippen molar-refractivity contribution in [3.63, 3.8) is 0 Å². The van der Waals surface area contributed by atoms with Gasteiger partial charge < -0.3 is 5.32 Å². The minimum atomic E-state index is -2.44. The fourth-order valence-corrected chi connectivity index (χ4v) is 2.83. The van der Waals surface area contributed by atoms with Gasteiger partial charge in [-0.05, 0) is 20.3 Å². The first-order valence-corrected chi connectivity index (χ1v) is 6.56. The van der Waals surface area contributed by atoms with Gasteiger partial charge in [-0.25, -0.2) is 13.5 Å². The Morgan fingerprint density at radius 3 is 2.70 bits per heavy atom. The van der Waals surface area contributed by atoms with Crippen LogP contribution in [0.15, 0.2) is 12.3 Å². The average molecular weight is 281 g/mol. The molecule has 0 saturated carbocycles. The molecule has 7 heteroatoms. The van der Waals surface area contributed by atoms with Crippen molar-refractivity contribution in [2.24, 2.45) is 7.05 Å². The molecule has 0 spiro atoms. The first-order chi connectivity index (χ1) is 9.45. The van der Waals surface area contributed by atoms with Gasteiger partial charge in [0.1, 0.15) is 11.9 Å². The third kappa shape index (κ3) is 2.07. The summed E-state index contributed by atoms with van der Waals surface area (Å²) in [4.78, 5) is 0. The largest absolute Gasteiger partial charge is 0.363 e. The summed E-state index contributed by atoms with van der Waals surface area (Å²) in [6.45, 7) is 3.70. The van der Waals surface area contributed by atoms with E-state index in [1.54, 1.807) is 17.7 Å². The average Bonchev–Trinajstić information content (AvgIpc) is 2.88. The topological polar surface area (TPSA) is 47.7 Å². The quantitative estimate of drug-likeness (QED) is 0.920. The summed E-state index contributed by atoms with van der Waals surface area (Å²) in [5, 5.41) is 11.7. The van der Waals surface area contributed by atoms with E-state index in [1.165, 1.54) is 4.68 Å². The number of aromatic nitrogens is 4. The molecule has 0 fully saturated rings. The Labute approximate surface area is 115 Å². The molecule has 108 valence electrons. The third-order valence-corrected chi connectivity index (χ3v) is 3.69. The molecule has 0 bridgehead atoms. The van der Waals surface area contributed by atoms with Gasteiger partial charge in [0.15, 0.2) is 0 Å². The monoisotopic (exact) mass is 281 g/mol. The highest BCUT2D eigenvalue weighted by Crippen LogP contribution is 2.38. The molecular formula is C13H17F2N5. The number of anilines is 1. The Morgan fingerprint density at radius 1 is 1.35 bits per heavy atom. The Hall–Kier alpha value is -1.92. The molecule has 2 atom stereocenters. The lowest BCUT2D eigenvalue weighted by Gasteiger charge is -2.31. The summed E-state index contributed by atoms with van der Waals surface area (Å²) in [7, 11) is 1.83. The van der Waals surface area contributed by atoms with Crippen LogP contribution in [0.25, 0.3) is 0 Å². The van der Waals surface area contributed by atoms with Crippen LogP contribution in [0.5, 0.6) is 0 Å². The van der Waals surface area contributed by atoms with E-state index >= 15 is 0 Å². The van der Waals surface area contributed by atoms with Crippen molar-refractivity contribution < 1.29 is 8.78 Å². The summed E-state index contributed by atoms with van der Waals surface area (Å²) in [5.74, 6) is 0.646. The predicted octanol–water partition coefficient (Wildman–Crippen LogP) is 2.60. The second kappa shape index (κ2) is 4.57. The molecule has 0 saturated heterocycles. The molecule has 0 unspecified atom stereocenters. The second-order valence-corrected chi connectivity index (χ2v) is 5.29. The van der Waals surface area contributed by atoms with E-state index in [0.717, 1.165) is 17.0 Å². The number of hydrogen-bond donors (Lipinski definition) is 1. The molecule has 3 rings (SSSR count). The molecule has 0 aromatic carbocycles. The van der Waals surface area contributed by atoms with Crippen molar-refractivity contribution >= 4 is 5.82 Å². The molecular weight excluding hydrogens is 264 g/mol. The summed E-state index contributed by atoms with van der Waals surface area (Å²) in [6.07, 6.45) is -0.248. The minimum absolute atomic E-state index is 0.161. The van der Waals surface area contributed by atoms with Crippen molar-refractivity contribution in [1.29, 1.82) is 0 Å². The van der Waals surface area contributed by atoms with Gasteiger partial charge in [-0.2, -0.15) is 10.2 Å². The van der Waals surface area contributed by atoms with Crippen LogP contribution >= 0.6 is 0 Å². The highest BCUT2D eigenvalue weighted by atomic mass is 19.3. The molecule has 0 aliphatic carbocycles. The zero-order chi connectivity index (χ0) is 14.4. The standard InChI is InChI=1S/C13H17F2N5/c1-7-4-12-16-10(9-6-19(3)18-8(9)2)5-11(13(14)15)20(12)17-7/h4,6,10-11,13,16H,5H2,1-3H3/t10-,11+/m1/s1. The first-order valence-electron chi connectivity index (χ1n) is 6.56. The number of halogens is 2. The second-order valence-electron chi connectivity index (χ2n) is 5.29.